The minimum absolute atomic E-state index is 0. The van der Waals surface area contributed by atoms with Crippen LogP contribution in [0.1, 0.15) is 12.8 Å². The zero-order chi connectivity index (χ0) is 3.70. The molecule has 0 N–H and O–H groups in total. The van der Waals surface area contributed by atoms with E-state index in [0.29, 0.717) is 0 Å². The number of halogens is 1. The van der Waals surface area contributed by atoms with E-state index >= 15 is 0 Å². The first-order valence-corrected chi connectivity index (χ1v) is 11.1. The molecule has 2 heteroatoms. The second-order valence-electron chi connectivity index (χ2n) is 1.85. The number of rotatable bonds is 1. The third-order valence-corrected chi connectivity index (χ3v) is 8.94. The maximum absolute atomic E-state index is 2.48. The topological polar surface area (TPSA) is 0 Å². The van der Waals surface area contributed by atoms with Crippen LogP contribution in [0.15, 0.2) is 0 Å². The maximum atomic E-state index is 2.48. The van der Waals surface area contributed by atoms with Gasteiger partial charge in [0.1, 0.15) is 0 Å². The summed E-state index contributed by atoms with van der Waals surface area (Å²) in [6.45, 7) is 0. The van der Waals surface area contributed by atoms with Crippen LogP contribution in [0.5, 0.6) is 0 Å². The predicted octanol–water partition coefficient (Wildman–Crippen LogP) is 2.28. The van der Waals surface area contributed by atoms with Gasteiger partial charge in [-0.05, 0) is 0 Å². The van der Waals surface area contributed by atoms with E-state index in [0.717, 1.165) is 0 Å². The number of hydrogen-bond donors (Lipinski definition) is 0. The Morgan fingerprint density at radius 1 is 1.50 bits per heavy atom. The van der Waals surface area contributed by atoms with Gasteiger partial charge in [0.15, 0.2) is 0 Å². The van der Waals surface area contributed by atoms with Crippen molar-refractivity contribution in [2.45, 2.75) is 20.7 Å². The van der Waals surface area contributed by atoms with Gasteiger partial charge in [0.2, 0.25) is 0 Å². The van der Waals surface area contributed by atoms with Crippen LogP contribution in [0.4, 0.5) is 0 Å². The van der Waals surface area contributed by atoms with Crippen molar-refractivity contribution in [1.82, 2.24) is 0 Å². The van der Waals surface area contributed by atoms with Gasteiger partial charge in [0.05, 0.1) is 0 Å². The monoisotopic (exact) mass is 338 g/mol. The molecule has 0 amide bonds. The standard InChI is InChI=1S/C3H5.CH3.BrH.Hg/c1-2-3-1;;;/h1H,2-3H2;1H3;1H;. The zero-order valence-electron chi connectivity index (χ0n) is 4.11. The Hall–Kier alpha value is 1.42. The van der Waals surface area contributed by atoms with Crippen molar-refractivity contribution >= 4 is 17.0 Å². The molecule has 0 atom stereocenters. The molecule has 1 rings (SSSR count). The fraction of sp³-hybridized carbons (Fsp3) is 1.00. The molecule has 0 aromatic heterocycles. The van der Waals surface area contributed by atoms with E-state index in [1.54, 1.807) is 12.8 Å². The molecular formula is C4H9BrHg. The second-order valence-corrected chi connectivity index (χ2v) is 9.51. The van der Waals surface area contributed by atoms with Crippen LogP contribution < -0.4 is 0 Å². The predicted molar refractivity (Wildman–Crippen MR) is 29.2 cm³/mol. The molecule has 0 aromatic carbocycles. The van der Waals surface area contributed by atoms with Crippen LogP contribution in [0.25, 0.3) is 0 Å². The Morgan fingerprint density at radius 3 is 2.00 bits per heavy atom. The van der Waals surface area contributed by atoms with Crippen molar-refractivity contribution in [1.29, 1.82) is 0 Å². The summed E-state index contributed by atoms with van der Waals surface area (Å²) in [5.41, 5.74) is 0. The summed E-state index contributed by atoms with van der Waals surface area (Å²) in [4.78, 5) is 0. The summed E-state index contributed by atoms with van der Waals surface area (Å²) >= 11 is -0.114. The van der Waals surface area contributed by atoms with Crippen molar-refractivity contribution in [3.8, 4) is 0 Å². The Bertz CT molecular complexity index is 34.5. The van der Waals surface area contributed by atoms with E-state index < -0.39 is 0 Å². The summed E-state index contributed by atoms with van der Waals surface area (Å²) in [7, 11) is 0. The average molecular weight is 338 g/mol. The van der Waals surface area contributed by atoms with Gasteiger partial charge < -0.3 is 0 Å². The SMILES string of the molecule is Br.[CH3][Hg][CH]1CC1. The first kappa shape index (κ1) is 7.42. The molecule has 0 radical (unpaired) electrons. The molecule has 0 unspecified atom stereocenters. The Morgan fingerprint density at radius 2 is 2.00 bits per heavy atom. The Labute approximate surface area is 61.9 Å². The Balaban J connectivity index is 0.000000250. The van der Waals surface area contributed by atoms with Crippen LogP contribution >= 0.6 is 17.0 Å². The van der Waals surface area contributed by atoms with E-state index in [-0.39, 0.29) is 41.6 Å². The van der Waals surface area contributed by atoms with Crippen molar-refractivity contribution in [3.05, 3.63) is 0 Å². The molecule has 0 aliphatic heterocycles. The first-order chi connectivity index (χ1) is 2.43. The molecule has 0 nitrogen and oxygen atoms in total. The Kier molecular flexibility index (Phi) is 4.23. The van der Waals surface area contributed by atoms with E-state index in [4.69, 9.17) is 0 Å². The van der Waals surface area contributed by atoms with Crippen molar-refractivity contribution in [2.24, 2.45) is 0 Å². The summed E-state index contributed by atoms with van der Waals surface area (Å²) < 4.78 is 3.84. The summed E-state index contributed by atoms with van der Waals surface area (Å²) in [6.07, 6.45) is 3.22. The fourth-order valence-corrected chi connectivity index (χ4v) is 4.62. The van der Waals surface area contributed by atoms with Crippen molar-refractivity contribution < 1.29 is 24.6 Å². The van der Waals surface area contributed by atoms with Gasteiger partial charge in [0, 0.05) is 0 Å². The minimum atomic E-state index is -0.114. The van der Waals surface area contributed by atoms with Crippen LogP contribution in [-0.4, -0.2) is 0 Å². The second kappa shape index (κ2) is 3.42. The molecule has 1 saturated carbocycles. The molecule has 1 aliphatic carbocycles. The third-order valence-electron chi connectivity index (χ3n) is 1.27. The van der Waals surface area contributed by atoms with Crippen molar-refractivity contribution in [3.63, 3.8) is 0 Å². The fourth-order valence-electron chi connectivity index (χ4n) is 0.526. The van der Waals surface area contributed by atoms with Crippen LogP contribution in [0.3, 0.4) is 0 Å². The van der Waals surface area contributed by atoms with Gasteiger partial charge in [-0.25, -0.2) is 0 Å². The molecule has 0 saturated heterocycles. The number of hydrogen-bond acceptors (Lipinski definition) is 0. The first-order valence-electron chi connectivity index (χ1n) is 2.43. The normalized spacial score (nSPS) is 18.2. The summed E-state index contributed by atoms with van der Waals surface area (Å²) in [5.74, 6) is 0. The van der Waals surface area contributed by atoms with E-state index in [1.165, 1.54) is 3.43 Å². The average Bonchev–Trinajstić information content (AvgIpc) is 2.12. The van der Waals surface area contributed by atoms with Crippen LogP contribution in [0, 0.1) is 0 Å². The van der Waals surface area contributed by atoms with Crippen molar-refractivity contribution in [2.75, 3.05) is 0 Å². The van der Waals surface area contributed by atoms with Gasteiger partial charge in [-0.15, -0.1) is 17.0 Å². The van der Waals surface area contributed by atoms with Gasteiger partial charge >= 0.3 is 45.3 Å². The molecule has 0 heterocycles. The molecule has 6 heavy (non-hydrogen) atoms. The quantitative estimate of drug-likeness (QED) is 0.644. The molecule has 1 fully saturated rings. The van der Waals surface area contributed by atoms with Crippen LogP contribution in [-0.2, 0) is 24.6 Å². The van der Waals surface area contributed by atoms with Gasteiger partial charge in [-0.1, -0.05) is 0 Å². The molecule has 34 valence electrons. The van der Waals surface area contributed by atoms with Gasteiger partial charge in [0.25, 0.3) is 0 Å². The summed E-state index contributed by atoms with van der Waals surface area (Å²) in [6, 6.07) is 0. The zero-order valence-corrected chi connectivity index (χ0v) is 11.3. The summed E-state index contributed by atoms with van der Waals surface area (Å²) in [5, 5.41) is 0. The van der Waals surface area contributed by atoms with Gasteiger partial charge in [-0.2, -0.15) is 0 Å². The molecule has 0 aromatic rings. The van der Waals surface area contributed by atoms with Crippen LogP contribution in [0.2, 0.25) is 7.86 Å². The molecular weight excluding hydrogens is 329 g/mol. The van der Waals surface area contributed by atoms with E-state index in [1.807, 2.05) is 0 Å². The van der Waals surface area contributed by atoms with E-state index in [2.05, 4.69) is 4.43 Å². The molecule has 0 bridgehead atoms. The van der Waals surface area contributed by atoms with E-state index in [9.17, 15) is 0 Å². The molecule has 0 spiro atoms. The third kappa shape index (κ3) is 2.56. The molecule has 1 aliphatic rings. The van der Waals surface area contributed by atoms with Gasteiger partial charge in [-0.3, -0.25) is 0 Å².